The minimum Gasteiger partial charge on any atom is -0.292 e. The Morgan fingerprint density at radius 2 is 1.15 bits per heavy atom. The van der Waals surface area contributed by atoms with E-state index in [-0.39, 0.29) is 0 Å². The summed E-state index contributed by atoms with van der Waals surface area (Å²) in [6, 6.07) is 30.2. The van der Waals surface area contributed by atoms with Crippen LogP contribution in [0, 0.1) is 7.14 Å². The molecule has 0 atom stereocenters. The Morgan fingerprint density at radius 1 is 0.606 bits per heavy atom. The number of nitrogens with zero attached hydrogens (tertiary/aromatic N) is 2. The van der Waals surface area contributed by atoms with Crippen molar-refractivity contribution >= 4 is 110 Å². The molecule has 2 nitrogen and oxygen atoms in total. The van der Waals surface area contributed by atoms with E-state index in [1.807, 2.05) is 0 Å². The molecule has 6 aromatic rings. The van der Waals surface area contributed by atoms with Crippen LogP contribution in [0.4, 0.5) is 0 Å². The fourth-order valence-corrected chi connectivity index (χ4v) is 5.82. The molecule has 6 rings (SSSR count). The molecule has 0 unspecified atom stereocenters. The van der Waals surface area contributed by atoms with Gasteiger partial charge in [0.05, 0.1) is 11.0 Å². The number of rotatable bonds is 2. The SMILES string of the molecule is Brc1ccc2c(c1)c1cc(Br)ccc1c1c2nc(-c2ccc(I)cc2)n1-c1ccc(I)cc1. The van der Waals surface area contributed by atoms with Crippen molar-refractivity contribution in [3.63, 3.8) is 0 Å². The van der Waals surface area contributed by atoms with Gasteiger partial charge in [-0.25, -0.2) is 4.98 Å². The molecule has 0 bridgehead atoms. The summed E-state index contributed by atoms with van der Waals surface area (Å²) in [6.07, 6.45) is 0. The highest BCUT2D eigenvalue weighted by atomic mass is 127. The minimum absolute atomic E-state index is 0.947. The monoisotopic (exact) mass is 778 g/mol. The molecule has 1 aromatic heterocycles. The van der Waals surface area contributed by atoms with Gasteiger partial charge < -0.3 is 0 Å². The lowest BCUT2D eigenvalue weighted by molar-refractivity contribution is 1.10. The first-order valence-electron chi connectivity index (χ1n) is 10.2. The Morgan fingerprint density at radius 3 is 1.79 bits per heavy atom. The maximum atomic E-state index is 5.27. The van der Waals surface area contributed by atoms with Crippen LogP contribution in [0.1, 0.15) is 0 Å². The van der Waals surface area contributed by atoms with Crippen molar-refractivity contribution in [3.05, 3.63) is 101 Å². The van der Waals surface area contributed by atoms with E-state index in [0.717, 1.165) is 42.4 Å². The molecule has 0 aliphatic rings. The average molecular weight is 780 g/mol. The zero-order chi connectivity index (χ0) is 22.7. The highest BCUT2D eigenvalue weighted by molar-refractivity contribution is 14.1. The molecule has 0 saturated carbocycles. The molecule has 0 aliphatic heterocycles. The van der Waals surface area contributed by atoms with Crippen molar-refractivity contribution in [2.24, 2.45) is 0 Å². The molecule has 1 heterocycles. The van der Waals surface area contributed by atoms with Crippen molar-refractivity contribution in [1.29, 1.82) is 0 Å². The first-order valence-corrected chi connectivity index (χ1v) is 14.0. The van der Waals surface area contributed by atoms with Crippen LogP contribution in [0.5, 0.6) is 0 Å². The third-order valence-electron chi connectivity index (χ3n) is 5.83. The first kappa shape index (κ1) is 22.0. The van der Waals surface area contributed by atoms with E-state index in [2.05, 4.69) is 167 Å². The second kappa shape index (κ2) is 8.62. The Balaban J connectivity index is 1.86. The van der Waals surface area contributed by atoms with Gasteiger partial charge in [0.15, 0.2) is 0 Å². The van der Waals surface area contributed by atoms with Crippen molar-refractivity contribution in [2.45, 2.75) is 0 Å². The van der Waals surface area contributed by atoms with E-state index in [0.29, 0.717) is 0 Å². The van der Waals surface area contributed by atoms with Crippen LogP contribution in [0.3, 0.4) is 0 Å². The third kappa shape index (κ3) is 3.83. The number of aromatic nitrogens is 2. The van der Waals surface area contributed by atoms with Crippen LogP contribution in [-0.4, -0.2) is 9.55 Å². The number of benzene rings is 5. The Bertz CT molecular complexity index is 1690. The Labute approximate surface area is 234 Å². The lowest BCUT2D eigenvalue weighted by Gasteiger charge is -2.13. The minimum atomic E-state index is 0.947. The second-order valence-corrected chi connectivity index (χ2v) is 12.2. The van der Waals surface area contributed by atoms with Gasteiger partial charge in [-0.3, -0.25) is 4.57 Å². The van der Waals surface area contributed by atoms with Gasteiger partial charge in [0.1, 0.15) is 5.82 Å². The van der Waals surface area contributed by atoms with E-state index in [9.17, 15) is 0 Å². The van der Waals surface area contributed by atoms with Crippen molar-refractivity contribution in [2.75, 3.05) is 0 Å². The van der Waals surface area contributed by atoms with Crippen LogP contribution >= 0.6 is 77.0 Å². The number of hydrogen-bond acceptors (Lipinski definition) is 1. The maximum Gasteiger partial charge on any atom is 0.145 e. The fraction of sp³-hybridized carbons (Fsp3) is 0. The van der Waals surface area contributed by atoms with Gasteiger partial charge in [-0.05, 0) is 117 Å². The first-order chi connectivity index (χ1) is 16.0. The molecule has 160 valence electrons. The Hall–Kier alpha value is -1.49. The number of imidazole rings is 1. The molecule has 5 aromatic carbocycles. The van der Waals surface area contributed by atoms with Gasteiger partial charge in [0, 0.05) is 38.1 Å². The summed E-state index contributed by atoms with van der Waals surface area (Å²) in [5.41, 5.74) is 4.34. The summed E-state index contributed by atoms with van der Waals surface area (Å²) in [5.74, 6) is 0.947. The molecule has 0 radical (unpaired) electrons. The summed E-state index contributed by atoms with van der Waals surface area (Å²) in [7, 11) is 0. The third-order valence-corrected chi connectivity index (χ3v) is 8.25. The van der Waals surface area contributed by atoms with Crippen molar-refractivity contribution < 1.29 is 0 Å². The lowest BCUT2D eigenvalue weighted by atomic mass is 10.00. The molecule has 33 heavy (non-hydrogen) atoms. The fourth-order valence-electron chi connectivity index (χ4n) is 4.38. The number of hydrogen-bond donors (Lipinski definition) is 0. The second-order valence-electron chi connectivity index (χ2n) is 7.83. The van der Waals surface area contributed by atoms with Crippen LogP contribution in [0.2, 0.25) is 0 Å². The van der Waals surface area contributed by atoms with Gasteiger partial charge in [-0.2, -0.15) is 0 Å². The molecular weight excluding hydrogens is 766 g/mol. The average Bonchev–Trinajstić information content (AvgIpc) is 3.21. The molecule has 0 fully saturated rings. The molecular formula is C27H14Br2I2N2. The molecule has 6 heteroatoms. The summed E-state index contributed by atoms with van der Waals surface area (Å²) in [5, 5.41) is 4.72. The van der Waals surface area contributed by atoms with Gasteiger partial charge in [0.25, 0.3) is 0 Å². The molecule has 0 amide bonds. The summed E-state index contributed by atoms with van der Waals surface area (Å²) < 4.78 is 6.85. The lowest BCUT2D eigenvalue weighted by Crippen LogP contribution is -1.98. The zero-order valence-corrected chi connectivity index (χ0v) is 24.5. The van der Waals surface area contributed by atoms with E-state index in [1.165, 1.54) is 23.3 Å². The summed E-state index contributed by atoms with van der Waals surface area (Å²) >= 11 is 12.1. The van der Waals surface area contributed by atoms with E-state index < -0.39 is 0 Å². The highest BCUT2D eigenvalue weighted by Gasteiger charge is 2.20. The van der Waals surface area contributed by atoms with Crippen molar-refractivity contribution in [3.8, 4) is 17.1 Å². The smallest absolute Gasteiger partial charge is 0.145 e. The van der Waals surface area contributed by atoms with Gasteiger partial charge in [-0.15, -0.1) is 0 Å². The number of halogens is 4. The number of fused-ring (bicyclic) bond motifs is 6. The van der Waals surface area contributed by atoms with E-state index in [4.69, 9.17) is 4.98 Å². The molecule has 0 saturated heterocycles. The van der Waals surface area contributed by atoms with Crippen LogP contribution < -0.4 is 0 Å². The summed E-state index contributed by atoms with van der Waals surface area (Å²) in [4.78, 5) is 5.27. The van der Waals surface area contributed by atoms with Crippen LogP contribution in [0.25, 0.3) is 49.7 Å². The predicted molar refractivity (Wildman–Crippen MR) is 162 cm³/mol. The van der Waals surface area contributed by atoms with Gasteiger partial charge >= 0.3 is 0 Å². The zero-order valence-electron chi connectivity index (χ0n) is 17.0. The quantitative estimate of drug-likeness (QED) is 0.127. The van der Waals surface area contributed by atoms with Crippen molar-refractivity contribution in [1.82, 2.24) is 9.55 Å². The molecule has 0 spiro atoms. The topological polar surface area (TPSA) is 17.8 Å². The molecule has 0 N–H and O–H groups in total. The van der Waals surface area contributed by atoms with Gasteiger partial charge in [0.2, 0.25) is 0 Å². The standard InChI is InChI=1S/C27H14Br2I2N2/c28-16-3-11-21-23(13-16)24-14-17(29)4-12-22(24)26-25(21)32-27(15-1-5-18(30)6-2-15)33(26)20-9-7-19(31)8-10-20/h1-14H. The van der Waals surface area contributed by atoms with Crippen LogP contribution in [-0.2, 0) is 0 Å². The maximum absolute atomic E-state index is 5.27. The van der Waals surface area contributed by atoms with Gasteiger partial charge in [-0.1, -0.05) is 56.1 Å². The summed E-state index contributed by atoms with van der Waals surface area (Å²) in [6.45, 7) is 0. The molecule has 0 aliphatic carbocycles. The largest absolute Gasteiger partial charge is 0.292 e. The predicted octanol–water partition coefficient (Wildman–Crippen LogP) is 9.73. The van der Waals surface area contributed by atoms with E-state index >= 15 is 0 Å². The Kier molecular flexibility index (Phi) is 5.75. The highest BCUT2D eigenvalue weighted by Crippen LogP contribution is 2.40. The van der Waals surface area contributed by atoms with Crippen LogP contribution in [0.15, 0.2) is 93.9 Å². The van der Waals surface area contributed by atoms with E-state index in [1.54, 1.807) is 0 Å². The normalized spacial score (nSPS) is 11.6.